The highest BCUT2D eigenvalue weighted by Gasteiger charge is 2.12. The lowest BCUT2D eigenvalue weighted by molar-refractivity contribution is 1.29. The number of hydrogen-bond acceptors (Lipinski definition) is 2. The molecule has 3 aliphatic heterocycles. The van der Waals surface area contributed by atoms with Crippen LogP contribution in [-0.4, -0.2) is 21.4 Å². The van der Waals surface area contributed by atoms with Gasteiger partial charge in [-0.2, -0.15) is 0 Å². The van der Waals surface area contributed by atoms with E-state index in [1.54, 1.807) is 0 Å². The van der Waals surface area contributed by atoms with Crippen molar-refractivity contribution in [2.24, 2.45) is 9.98 Å². The third kappa shape index (κ3) is 2.25. The van der Waals surface area contributed by atoms with Crippen molar-refractivity contribution in [3.8, 4) is 11.4 Å². The molecule has 4 nitrogen and oxygen atoms in total. The average Bonchev–Trinajstić information content (AvgIpc) is 3.28. The summed E-state index contributed by atoms with van der Waals surface area (Å²) < 4.78 is 0. The van der Waals surface area contributed by atoms with E-state index < -0.39 is 0 Å². The van der Waals surface area contributed by atoms with Crippen molar-refractivity contribution in [1.82, 2.24) is 9.97 Å². The summed E-state index contributed by atoms with van der Waals surface area (Å²) in [7, 11) is 0. The zero-order valence-corrected chi connectivity index (χ0v) is 12.4. The van der Waals surface area contributed by atoms with Gasteiger partial charge in [-0.25, -0.2) is 0 Å². The number of nitrogens with one attached hydrogen (secondary N) is 2. The molecule has 0 aromatic carbocycles. The third-order valence-electron chi connectivity index (χ3n) is 4.11. The molecule has 2 aromatic rings. The molecule has 0 fully saturated rings. The minimum atomic E-state index is 0.758. The average molecular weight is 298 g/mol. The van der Waals surface area contributed by atoms with Crippen molar-refractivity contribution >= 4 is 23.6 Å². The zero-order valence-electron chi connectivity index (χ0n) is 12.4. The molecule has 5 rings (SSSR count). The second-order valence-corrected chi connectivity index (χ2v) is 5.84. The fraction of sp³-hybridized carbons (Fsp3) is 0.0526. The van der Waals surface area contributed by atoms with Crippen LogP contribution in [0, 0.1) is 0 Å². The quantitative estimate of drug-likeness (QED) is 0.735. The van der Waals surface area contributed by atoms with Gasteiger partial charge in [0, 0.05) is 29.2 Å². The highest BCUT2D eigenvalue weighted by Crippen LogP contribution is 2.24. The van der Waals surface area contributed by atoms with E-state index in [-0.39, 0.29) is 0 Å². The van der Waals surface area contributed by atoms with Gasteiger partial charge >= 0.3 is 0 Å². The lowest BCUT2D eigenvalue weighted by atomic mass is 10.2. The summed E-state index contributed by atoms with van der Waals surface area (Å²) in [5.74, 6) is 0. The number of nitrogens with zero attached hydrogens (tertiary/aromatic N) is 2. The van der Waals surface area contributed by atoms with Crippen molar-refractivity contribution in [2.45, 2.75) is 6.42 Å². The fourth-order valence-electron chi connectivity index (χ4n) is 3.01. The van der Waals surface area contributed by atoms with E-state index in [4.69, 9.17) is 0 Å². The van der Waals surface area contributed by atoms with Gasteiger partial charge in [-0.3, -0.25) is 9.98 Å². The topological polar surface area (TPSA) is 56.3 Å². The predicted molar refractivity (Wildman–Crippen MR) is 94.3 cm³/mol. The number of aromatic nitrogens is 2. The van der Waals surface area contributed by atoms with Crippen molar-refractivity contribution in [3.05, 3.63) is 71.4 Å². The first-order chi connectivity index (χ1) is 11.3. The number of fused-ring (bicyclic) bond motifs is 7. The van der Waals surface area contributed by atoms with E-state index in [0.29, 0.717) is 0 Å². The van der Waals surface area contributed by atoms with Crippen LogP contribution < -0.4 is 0 Å². The Hall–Kier alpha value is -3.14. The van der Waals surface area contributed by atoms with Crippen molar-refractivity contribution in [1.29, 1.82) is 0 Å². The normalized spacial score (nSPS) is 22.6. The maximum absolute atomic E-state index is 4.67. The summed E-state index contributed by atoms with van der Waals surface area (Å²) in [5, 5.41) is 0. The van der Waals surface area contributed by atoms with Gasteiger partial charge in [0.15, 0.2) is 0 Å². The van der Waals surface area contributed by atoms with Gasteiger partial charge in [0.1, 0.15) is 0 Å². The molecule has 2 N–H and O–H groups in total. The van der Waals surface area contributed by atoms with Crippen LogP contribution in [0.3, 0.4) is 0 Å². The Morgan fingerprint density at radius 3 is 1.70 bits per heavy atom. The SMILES string of the molecule is C1=C/C2=C/c3ccc([nH]3)-c3ccc([nH]3)/C=C3/C=CC(=N3)CC1=N2. The predicted octanol–water partition coefficient (Wildman–Crippen LogP) is 4.12. The molecule has 0 atom stereocenters. The standard InChI is InChI=1S/C19H14N4/c1-3-14-10-16-5-7-18(22-16)19-8-6-17(23-19)11-15-4-2-13(21-15)9-12(1)20-14/h1-8,10-11,22-23H,9H2/b14-10-,15-11-. The van der Waals surface area contributed by atoms with Crippen LogP contribution in [0.25, 0.3) is 23.5 Å². The van der Waals surface area contributed by atoms with E-state index >= 15 is 0 Å². The smallest absolute Gasteiger partial charge is 0.0654 e. The largest absolute Gasteiger partial charge is 0.354 e. The first-order valence-corrected chi connectivity index (χ1v) is 7.65. The van der Waals surface area contributed by atoms with Gasteiger partial charge in [-0.1, -0.05) is 0 Å². The molecule has 8 bridgehead atoms. The summed E-state index contributed by atoms with van der Waals surface area (Å²) in [6.45, 7) is 0. The second kappa shape index (κ2) is 4.68. The number of allylic oxidation sites excluding steroid dienone is 4. The Kier molecular flexibility index (Phi) is 2.52. The van der Waals surface area contributed by atoms with Crippen molar-refractivity contribution < 1.29 is 0 Å². The lowest BCUT2D eigenvalue weighted by Gasteiger charge is -1.96. The van der Waals surface area contributed by atoms with Crippen molar-refractivity contribution in [2.75, 3.05) is 0 Å². The van der Waals surface area contributed by atoms with Gasteiger partial charge in [-0.15, -0.1) is 0 Å². The molecule has 23 heavy (non-hydrogen) atoms. The van der Waals surface area contributed by atoms with Crippen molar-refractivity contribution in [3.63, 3.8) is 0 Å². The molecule has 2 aromatic heterocycles. The van der Waals surface area contributed by atoms with Crippen LogP contribution in [0.15, 0.2) is 69.9 Å². The summed E-state index contributed by atoms with van der Waals surface area (Å²) in [5.41, 5.74) is 8.25. The Labute approximate surface area is 133 Å². The molecule has 0 aliphatic carbocycles. The van der Waals surface area contributed by atoms with Crippen LogP contribution in [0.4, 0.5) is 0 Å². The highest BCUT2D eigenvalue weighted by molar-refractivity contribution is 6.16. The second-order valence-electron chi connectivity index (χ2n) is 5.84. The Balaban J connectivity index is 1.67. The van der Waals surface area contributed by atoms with E-state index in [9.17, 15) is 0 Å². The minimum Gasteiger partial charge on any atom is -0.354 e. The zero-order chi connectivity index (χ0) is 15.2. The highest BCUT2D eigenvalue weighted by atomic mass is 14.8. The summed E-state index contributed by atoms with van der Waals surface area (Å²) >= 11 is 0. The molecule has 0 spiro atoms. The number of hydrogen-bond donors (Lipinski definition) is 2. The van der Waals surface area contributed by atoms with Crippen LogP contribution in [0.5, 0.6) is 0 Å². The van der Waals surface area contributed by atoms with Crippen LogP contribution in [-0.2, 0) is 0 Å². The van der Waals surface area contributed by atoms with Crippen LogP contribution in [0.2, 0.25) is 0 Å². The molecule has 3 aliphatic rings. The third-order valence-corrected chi connectivity index (χ3v) is 4.11. The molecule has 0 radical (unpaired) electrons. The molecule has 0 amide bonds. The molecule has 110 valence electrons. The van der Waals surface area contributed by atoms with Gasteiger partial charge in [0.2, 0.25) is 0 Å². The fourth-order valence-corrected chi connectivity index (χ4v) is 3.01. The van der Waals surface area contributed by atoms with E-state index in [1.807, 2.05) is 12.2 Å². The van der Waals surface area contributed by atoms with E-state index in [2.05, 4.69) is 68.5 Å². The molecule has 0 saturated heterocycles. The first-order valence-electron chi connectivity index (χ1n) is 7.65. The maximum atomic E-state index is 4.67. The maximum Gasteiger partial charge on any atom is 0.0654 e. The van der Waals surface area contributed by atoms with E-state index in [0.717, 1.165) is 52.0 Å². The van der Waals surface area contributed by atoms with Gasteiger partial charge in [-0.05, 0) is 60.7 Å². The monoisotopic (exact) mass is 298 g/mol. The molecule has 5 heterocycles. The van der Waals surface area contributed by atoms with Crippen LogP contribution in [0.1, 0.15) is 17.8 Å². The Bertz CT molecular complexity index is 906. The number of H-pyrrole nitrogens is 2. The molecule has 0 saturated carbocycles. The van der Waals surface area contributed by atoms with Gasteiger partial charge < -0.3 is 9.97 Å². The number of aromatic amines is 2. The van der Waals surface area contributed by atoms with E-state index in [1.165, 1.54) is 0 Å². The minimum absolute atomic E-state index is 0.758. The van der Waals surface area contributed by atoms with Crippen LogP contribution >= 0.6 is 0 Å². The molecule has 4 heteroatoms. The number of aliphatic imine (C=N–C) groups is 2. The Morgan fingerprint density at radius 2 is 1.17 bits per heavy atom. The molecule has 0 unspecified atom stereocenters. The number of rotatable bonds is 0. The molecular formula is C19H14N4. The summed E-state index contributed by atoms with van der Waals surface area (Å²) in [6.07, 6.45) is 13.1. The lowest BCUT2D eigenvalue weighted by Crippen LogP contribution is -1.99. The first kappa shape index (κ1) is 12.4. The van der Waals surface area contributed by atoms with Gasteiger partial charge in [0.25, 0.3) is 0 Å². The van der Waals surface area contributed by atoms with Gasteiger partial charge in [0.05, 0.1) is 22.8 Å². The summed E-state index contributed by atoms with van der Waals surface area (Å²) in [6, 6.07) is 8.31. The molecular weight excluding hydrogens is 284 g/mol. The Morgan fingerprint density at radius 1 is 0.652 bits per heavy atom. The summed E-state index contributed by atoms with van der Waals surface area (Å²) in [4.78, 5) is 16.2.